The van der Waals surface area contributed by atoms with Crippen molar-refractivity contribution in [3.05, 3.63) is 70.8 Å². The molecule has 0 aliphatic carbocycles. The molecule has 0 saturated carbocycles. The van der Waals surface area contributed by atoms with E-state index in [4.69, 9.17) is 0 Å². The van der Waals surface area contributed by atoms with Gasteiger partial charge in [0.05, 0.1) is 0 Å². The number of hydrogen-bond acceptors (Lipinski definition) is 2. The lowest BCUT2D eigenvalue weighted by Crippen LogP contribution is -2.37. The number of benzene rings is 2. The highest BCUT2D eigenvalue weighted by atomic mass is 16.2. The van der Waals surface area contributed by atoms with Gasteiger partial charge >= 0.3 is 0 Å². The average Bonchev–Trinajstić information content (AvgIpc) is 2.61. The second-order valence-electron chi connectivity index (χ2n) is 6.36. The van der Waals surface area contributed by atoms with E-state index in [1.807, 2.05) is 69.3 Å². The first-order valence-corrected chi connectivity index (χ1v) is 8.72. The normalized spacial score (nSPS) is 11.6. The molecule has 0 aromatic heterocycles. The van der Waals surface area contributed by atoms with Gasteiger partial charge in [-0.1, -0.05) is 42.3 Å². The predicted octanol–water partition coefficient (Wildman–Crippen LogP) is 3.63. The highest BCUT2D eigenvalue weighted by molar-refractivity contribution is 5.95. The molecule has 0 aliphatic rings. The Balaban J connectivity index is 1.81. The Morgan fingerprint density at radius 1 is 0.840 bits per heavy atom. The van der Waals surface area contributed by atoms with Crippen LogP contribution in [0.1, 0.15) is 51.6 Å². The fraction of sp³-hybridized carbons (Fsp3) is 0.333. The Hall–Kier alpha value is -2.62. The summed E-state index contributed by atoms with van der Waals surface area (Å²) in [7, 11) is 0. The maximum Gasteiger partial charge on any atom is 0.251 e. The Kier molecular flexibility index (Phi) is 6.75. The lowest BCUT2D eigenvalue weighted by Gasteiger charge is -2.17. The van der Waals surface area contributed by atoms with E-state index in [0.29, 0.717) is 24.1 Å². The molecular weight excluding hydrogens is 312 g/mol. The van der Waals surface area contributed by atoms with Crippen LogP contribution in [-0.4, -0.2) is 24.4 Å². The molecule has 0 saturated heterocycles. The van der Waals surface area contributed by atoms with Crippen molar-refractivity contribution < 1.29 is 9.59 Å². The number of nitrogens with one attached hydrogen (secondary N) is 2. The number of rotatable bonds is 7. The van der Waals surface area contributed by atoms with Gasteiger partial charge in [-0.3, -0.25) is 9.59 Å². The van der Waals surface area contributed by atoms with Crippen LogP contribution in [0.3, 0.4) is 0 Å². The molecule has 2 aromatic rings. The van der Waals surface area contributed by atoms with Gasteiger partial charge in [-0.25, -0.2) is 0 Å². The third-order valence-electron chi connectivity index (χ3n) is 4.23. The molecule has 0 heterocycles. The van der Waals surface area contributed by atoms with E-state index in [0.717, 1.165) is 17.5 Å². The topological polar surface area (TPSA) is 58.2 Å². The Labute approximate surface area is 149 Å². The van der Waals surface area contributed by atoms with Gasteiger partial charge in [0.2, 0.25) is 0 Å². The van der Waals surface area contributed by atoms with Crippen molar-refractivity contribution in [1.82, 2.24) is 10.6 Å². The SMILES string of the molecule is CC[C@@H](CCNC(=O)c1ccc(C)cc1)NC(=O)c1ccc(C)cc1. The van der Waals surface area contributed by atoms with Gasteiger partial charge < -0.3 is 10.6 Å². The van der Waals surface area contributed by atoms with Crippen LogP contribution in [-0.2, 0) is 0 Å². The molecule has 2 amide bonds. The van der Waals surface area contributed by atoms with Gasteiger partial charge in [0.25, 0.3) is 11.8 Å². The minimum absolute atomic E-state index is 0.0344. The van der Waals surface area contributed by atoms with E-state index in [-0.39, 0.29) is 17.9 Å². The monoisotopic (exact) mass is 338 g/mol. The number of aryl methyl sites for hydroxylation is 2. The van der Waals surface area contributed by atoms with E-state index in [1.165, 1.54) is 0 Å². The molecule has 2 N–H and O–H groups in total. The van der Waals surface area contributed by atoms with Crippen molar-refractivity contribution in [3.8, 4) is 0 Å². The molecule has 132 valence electrons. The zero-order chi connectivity index (χ0) is 18.2. The molecule has 4 heteroatoms. The van der Waals surface area contributed by atoms with Gasteiger partial charge in [0.15, 0.2) is 0 Å². The van der Waals surface area contributed by atoms with Gasteiger partial charge in [0, 0.05) is 23.7 Å². The number of carbonyl (C=O) groups is 2. The minimum Gasteiger partial charge on any atom is -0.352 e. The maximum atomic E-state index is 12.3. The molecule has 0 radical (unpaired) electrons. The summed E-state index contributed by atoms with van der Waals surface area (Å²) in [6.07, 6.45) is 1.52. The van der Waals surface area contributed by atoms with Crippen molar-refractivity contribution in [2.45, 2.75) is 39.7 Å². The Bertz CT molecular complexity index is 706. The van der Waals surface area contributed by atoms with Crippen LogP contribution < -0.4 is 10.6 Å². The quantitative estimate of drug-likeness (QED) is 0.810. The molecule has 0 unspecified atom stereocenters. The number of carbonyl (C=O) groups excluding carboxylic acids is 2. The average molecular weight is 338 g/mol. The summed E-state index contributed by atoms with van der Waals surface area (Å²) in [5, 5.41) is 5.95. The highest BCUT2D eigenvalue weighted by Gasteiger charge is 2.13. The first kappa shape index (κ1) is 18.7. The summed E-state index contributed by atoms with van der Waals surface area (Å²) < 4.78 is 0. The third-order valence-corrected chi connectivity index (χ3v) is 4.23. The zero-order valence-electron chi connectivity index (χ0n) is 15.1. The van der Waals surface area contributed by atoms with E-state index in [9.17, 15) is 9.59 Å². The molecule has 0 aliphatic heterocycles. The second kappa shape index (κ2) is 9.02. The van der Waals surface area contributed by atoms with E-state index >= 15 is 0 Å². The smallest absolute Gasteiger partial charge is 0.251 e. The number of amides is 2. The van der Waals surface area contributed by atoms with Crippen LogP contribution in [0.2, 0.25) is 0 Å². The van der Waals surface area contributed by atoms with Crippen molar-refractivity contribution >= 4 is 11.8 Å². The van der Waals surface area contributed by atoms with Crippen molar-refractivity contribution in [1.29, 1.82) is 0 Å². The summed E-state index contributed by atoms with van der Waals surface area (Å²) >= 11 is 0. The Morgan fingerprint density at radius 3 is 1.80 bits per heavy atom. The molecule has 0 fully saturated rings. The fourth-order valence-corrected chi connectivity index (χ4v) is 2.52. The van der Waals surface area contributed by atoms with Crippen LogP contribution in [0.4, 0.5) is 0 Å². The fourth-order valence-electron chi connectivity index (χ4n) is 2.52. The first-order valence-electron chi connectivity index (χ1n) is 8.72. The van der Waals surface area contributed by atoms with Crippen molar-refractivity contribution in [3.63, 3.8) is 0 Å². The van der Waals surface area contributed by atoms with Gasteiger partial charge in [-0.05, 0) is 51.0 Å². The molecule has 0 bridgehead atoms. The van der Waals surface area contributed by atoms with Crippen LogP contribution in [0.5, 0.6) is 0 Å². The molecule has 25 heavy (non-hydrogen) atoms. The maximum absolute atomic E-state index is 12.3. The van der Waals surface area contributed by atoms with Gasteiger partial charge in [-0.15, -0.1) is 0 Å². The van der Waals surface area contributed by atoms with Crippen molar-refractivity contribution in [2.24, 2.45) is 0 Å². The lowest BCUT2D eigenvalue weighted by atomic mass is 10.1. The Morgan fingerprint density at radius 2 is 1.32 bits per heavy atom. The molecule has 1 atom stereocenters. The van der Waals surface area contributed by atoms with E-state index in [2.05, 4.69) is 10.6 Å². The minimum atomic E-state index is -0.0836. The summed E-state index contributed by atoms with van der Waals surface area (Å²) in [6, 6.07) is 15.0. The van der Waals surface area contributed by atoms with Crippen LogP contribution in [0.25, 0.3) is 0 Å². The predicted molar refractivity (Wildman–Crippen MR) is 101 cm³/mol. The zero-order valence-corrected chi connectivity index (χ0v) is 15.1. The second-order valence-corrected chi connectivity index (χ2v) is 6.36. The van der Waals surface area contributed by atoms with Gasteiger partial charge in [-0.2, -0.15) is 0 Å². The lowest BCUT2D eigenvalue weighted by molar-refractivity contribution is 0.0932. The first-order chi connectivity index (χ1) is 12.0. The molecule has 4 nitrogen and oxygen atoms in total. The third kappa shape index (κ3) is 5.75. The molecule has 0 spiro atoms. The summed E-state index contributed by atoms with van der Waals surface area (Å²) in [4.78, 5) is 24.4. The molecular formula is C21H26N2O2. The van der Waals surface area contributed by atoms with Crippen LogP contribution in [0.15, 0.2) is 48.5 Å². The highest BCUT2D eigenvalue weighted by Crippen LogP contribution is 2.06. The standard InChI is InChI=1S/C21H26N2O2/c1-4-19(23-21(25)18-11-7-16(3)8-12-18)13-14-22-20(24)17-9-5-15(2)6-10-17/h5-12,19H,4,13-14H2,1-3H3,(H,22,24)(H,23,25)/t19-/m0/s1. The van der Waals surface area contributed by atoms with E-state index in [1.54, 1.807) is 0 Å². The number of hydrogen-bond donors (Lipinski definition) is 2. The summed E-state index contributed by atoms with van der Waals surface area (Å²) in [6.45, 7) is 6.54. The van der Waals surface area contributed by atoms with Crippen molar-refractivity contribution in [2.75, 3.05) is 6.54 Å². The van der Waals surface area contributed by atoms with Gasteiger partial charge in [0.1, 0.15) is 0 Å². The van der Waals surface area contributed by atoms with Crippen LogP contribution in [0, 0.1) is 13.8 Å². The van der Waals surface area contributed by atoms with Crippen LogP contribution >= 0.6 is 0 Å². The summed E-state index contributed by atoms with van der Waals surface area (Å²) in [5.74, 6) is -0.156. The summed E-state index contributed by atoms with van der Waals surface area (Å²) in [5.41, 5.74) is 3.57. The van der Waals surface area contributed by atoms with E-state index < -0.39 is 0 Å². The largest absolute Gasteiger partial charge is 0.352 e. The molecule has 2 rings (SSSR count). The molecule has 2 aromatic carbocycles.